The van der Waals surface area contributed by atoms with Crippen LogP contribution >= 0.6 is 0 Å². The predicted molar refractivity (Wildman–Crippen MR) is 97.2 cm³/mol. The van der Waals surface area contributed by atoms with Crippen molar-refractivity contribution in [1.29, 1.82) is 0 Å². The molecule has 0 spiro atoms. The Morgan fingerprint density at radius 3 is 2.39 bits per heavy atom. The molecule has 1 amide bonds. The second-order valence-electron chi connectivity index (χ2n) is 5.98. The SMILES string of the molecule is CCCOC(=O)[C@@H](C)Oc1ccc(C(=O)Nc2cccc(C(F)(F)F)c2)cc1. The molecule has 1 N–H and O–H groups in total. The highest BCUT2D eigenvalue weighted by Crippen LogP contribution is 2.30. The van der Waals surface area contributed by atoms with Crippen LogP contribution in [-0.2, 0) is 15.7 Å². The highest BCUT2D eigenvalue weighted by atomic mass is 19.4. The third kappa shape index (κ3) is 6.00. The molecular weight excluding hydrogens is 375 g/mol. The van der Waals surface area contributed by atoms with E-state index in [4.69, 9.17) is 9.47 Å². The number of hydrogen-bond donors (Lipinski definition) is 1. The standard InChI is InChI=1S/C20H20F3NO4/c1-3-11-27-19(26)13(2)28-17-9-7-14(8-10-17)18(25)24-16-6-4-5-15(12-16)20(21,22)23/h4-10,12-13H,3,11H2,1-2H3,(H,24,25)/t13-/m1/s1. The summed E-state index contributed by atoms with van der Waals surface area (Å²) in [5, 5.41) is 2.42. The smallest absolute Gasteiger partial charge is 0.416 e. The van der Waals surface area contributed by atoms with E-state index < -0.39 is 29.7 Å². The average Bonchev–Trinajstić information content (AvgIpc) is 2.66. The third-order valence-corrected chi connectivity index (χ3v) is 3.66. The van der Waals surface area contributed by atoms with E-state index in [1.807, 2.05) is 6.92 Å². The van der Waals surface area contributed by atoms with E-state index in [0.717, 1.165) is 12.1 Å². The van der Waals surface area contributed by atoms with Crippen molar-refractivity contribution in [2.75, 3.05) is 11.9 Å². The molecule has 8 heteroatoms. The molecule has 0 bridgehead atoms. The van der Waals surface area contributed by atoms with Crippen molar-refractivity contribution in [3.05, 3.63) is 59.7 Å². The van der Waals surface area contributed by atoms with Crippen molar-refractivity contribution in [3.8, 4) is 5.75 Å². The van der Waals surface area contributed by atoms with E-state index in [1.165, 1.54) is 36.4 Å². The van der Waals surface area contributed by atoms with Crippen LogP contribution in [0.2, 0.25) is 0 Å². The number of carbonyl (C=O) groups is 2. The zero-order chi connectivity index (χ0) is 20.7. The lowest BCUT2D eigenvalue weighted by atomic mass is 10.1. The van der Waals surface area contributed by atoms with Crippen LogP contribution < -0.4 is 10.1 Å². The zero-order valence-electron chi connectivity index (χ0n) is 15.4. The van der Waals surface area contributed by atoms with Crippen LogP contribution in [-0.4, -0.2) is 24.6 Å². The summed E-state index contributed by atoms with van der Waals surface area (Å²) >= 11 is 0. The minimum Gasteiger partial charge on any atom is -0.479 e. The summed E-state index contributed by atoms with van der Waals surface area (Å²) in [5.74, 6) is -0.703. The maximum Gasteiger partial charge on any atom is 0.416 e. The van der Waals surface area contributed by atoms with E-state index in [-0.39, 0.29) is 11.3 Å². The summed E-state index contributed by atoms with van der Waals surface area (Å²) in [5.41, 5.74) is -0.587. The lowest BCUT2D eigenvalue weighted by molar-refractivity contribution is -0.151. The first-order chi connectivity index (χ1) is 13.2. The van der Waals surface area contributed by atoms with Crippen molar-refractivity contribution in [2.45, 2.75) is 32.5 Å². The summed E-state index contributed by atoms with van der Waals surface area (Å²) in [6, 6.07) is 10.2. The van der Waals surface area contributed by atoms with Crippen LogP contribution in [0.4, 0.5) is 18.9 Å². The van der Waals surface area contributed by atoms with Gasteiger partial charge in [0.2, 0.25) is 0 Å². The number of rotatable bonds is 7. The van der Waals surface area contributed by atoms with E-state index in [1.54, 1.807) is 6.92 Å². The van der Waals surface area contributed by atoms with E-state index >= 15 is 0 Å². The molecule has 150 valence electrons. The largest absolute Gasteiger partial charge is 0.479 e. The Hall–Kier alpha value is -3.03. The molecule has 0 aliphatic carbocycles. The Bertz CT molecular complexity index is 819. The fraction of sp³-hybridized carbons (Fsp3) is 0.300. The summed E-state index contributed by atoms with van der Waals surface area (Å²) in [6.45, 7) is 3.73. The molecule has 0 aliphatic rings. The number of alkyl halides is 3. The molecular formula is C20H20F3NO4. The van der Waals surface area contributed by atoms with Gasteiger partial charge in [0.1, 0.15) is 5.75 Å². The number of esters is 1. The highest BCUT2D eigenvalue weighted by molar-refractivity contribution is 6.04. The minimum absolute atomic E-state index is 0.0347. The molecule has 0 aliphatic heterocycles. The normalized spacial score (nSPS) is 12.2. The van der Waals surface area contributed by atoms with Gasteiger partial charge < -0.3 is 14.8 Å². The molecule has 0 fully saturated rings. The van der Waals surface area contributed by atoms with Gasteiger partial charge >= 0.3 is 12.1 Å². The van der Waals surface area contributed by atoms with Gasteiger partial charge in [-0.25, -0.2) is 4.79 Å². The Labute approximate surface area is 160 Å². The number of benzene rings is 2. The Kier molecular flexibility index (Phi) is 7.03. The Morgan fingerprint density at radius 1 is 1.11 bits per heavy atom. The molecule has 0 saturated heterocycles. The van der Waals surface area contributed by atoms with Gasteiger partial charge in [-0.2, -0.15) is 13.2 Å². The van der Waals surface area contributed by atoms with Crippen LogP contribution in [0, 0.1) is 0 Å². The number of ether oxygens (including phenoxy) is 2. The number of carbonyl (C=O) groups excluding carboxylic acids is 2. The maximum atomic E-state index is 12.7. The first-order valence-electron chi connectivity index (χ1n) is 8.62. The molecule has 28 heavy (non-hydrogen) atoms. The number of halogens is 3. The number of nitrogens with one attached hydrogen (secondary N) is 1. The zero-order valence-corrected chi connectivity index (χ0v) is 15.4. The molecule has 1 atom stereocenters. The van der Waals surface area contributed by atoms with Crippen molar-refractivity contribution >= 4 is 17.6 Å². The van der Waals surface area contributed by atoms with Crippen molar-refractivity contribution < 1.29 is 32.2 Å². The van der Waals surface area contributed by atoms with Crippen LogP contribution in [0.1, 0.15) is 36.2 Å². The van der Waals surface area contributed by atoms with Gasteiger partial charge in [-0.3, -0.25) is 4.79 Å². The number of anilines is 1. The first-order valence-corrected chi connectivity index (χ1v) is 8.62. The molecule has 0 heterocycles. The van der Waals surface area contributed by atoms with Gasteiger partial charge in [0.15, 0.2) is 6.10 Å². The summed E-state index contributed by atoms with van der Waals surface area (Å²) in [4.78, 5) is 23.9. The van der Waals surface area contributed by atoms with Crippen LogP contribution in [0.5, 0.6) is 5.75 Å². The Morgan fingerprint density at radius 2 is 1.79 bits per heavy atom. The first kappa shape index (κ1) is 21.3. The second kappa shape index (κ2) is 9.25. The van der Waals surface area contributed by atoms with Crippen LogP contribution in [0.3, 0.4) is 0 Å². The molecule has 2 aromatic rings. The van der Waals surface area contributed by atoms with E-state index in [9.17, 15) is 22.8 Å². The second-order valence-corrected chi connectivity index (χ2v) is 5.98. The van der Waals surface area contributed by atoms with Gasteiger partial charge in [-0.05, 0) is 55.8 Å². The van der Waals surface area contributed by atoms with Gasteiger partial charge in [-0.1, -0.05) is 13.0 Å². The Balaban J connectivity index is 1.99. The van der Waals surface area contributed by atoms with Gasteiger partial charge in [0, 0.05) is 11.3 Å². The molecule has 0 saturated carbocycles. The fourth-order valence-electron chi connectivity index (χ4n) is 2.23. The molecule has 0 unspecified atom stereocenters. The number of hydrogen-bond acceptors (Lipinski definition) is 4. The van der Waals surface area contributed by atoms with Gasteiger partial charge in [0.25, 0.3) is 5.91 Å². The third-order valence-electron chi connectivity index (χ3n) is 3.66. The van der Waals surface area contributed by atoms with Gasteiger partial charge in [0.05, 0.1) is 12.2 Å². The summed E-state index contributed by atoms with van der Waals surface area (Å²) in [7, 11) is 0. The van der Waals surface area contributed by atoms with Crippen molar-refractivity contribution in [2.24, 2.45) is 0 Å². The van der Waals surface area contributed by atoms with Crippen molar-refractivity contribution in [1.82, 2.24) is 0 Å². The minimum atomic E-state index is -4.49. The topological polar surface area (TPSA) is 64.6 Å². The van der Waals surface area contributed by atoms with E-state index in [0.29, 0.717) is 18.8 Å². The van der Waals surface area contributed by atoms with Crippen molar-refractivity contribution in [3.63, 3.8) is 0 Å². The predicted octanol–water partition coefficient (Wildman–Crippen LogP) is 4.68. The lowest BCUT2D eigenvalue weighted by Crippen LogP contribution is -2.26. The molecule has 0 aromatic heterocycles. The van der Waals surface area contributed by atoms with Gasteiger partial charge in [-0.15, -0.1) is 0 Å². The monoisotopic (exact) mass is 395 g/mol. The molecule has 0 radical (unpaired) electrons. The van der Waals surface area contributed by atoms with Crippen LogP contribution in [0.15, 0.2) is 48.5 Å². The van der Waals surface area contributed by atoms with E-state index in [2.05, 4.69) is 5.32 Å². The molecule has 2 rings (SSSR count). The summed E-state index contributed by atoms with van der Waals surface area (Å²) < 4.78 is 48.7. The fourth-order valence-corrected chi connectivity index (χ4v) is 2.23. The maximum absolute atomic E-state index is 12.7. The van der Waals surface area contributed by atoms with Crippen LogP contribution in [0.25, 0.3) is 0 Å². The summed E-state index contributed by atoms with van der Waals surface area (Å²) in [6.07, 6.45) is -4.60. The number of amides is 1. The molecule has 2 aromatic carbocycles. The molecule has 5 nitrogen and oxygen atoms in total. The quantitative estimate of drug-likeness (QED) is 0.692. The average molecular weight is 395 g/mol. The highest BCUT2D eigenvalue weighted by Gasteiger charge is 2.30. The lowest BCUT2D eigenvalue weighted by Gasteiger charge is -2.14.